The summed E-state index contributed by atoms with van der Waals surface area (Å²) in [5, 5.41) is 0.968. The molecule has 3 heteroatoms. The standard InChI is InChI=1S/C15H18FNO/c1-10-7-11-5-6-17(13(11)8-12(10)16)9-14(18)15(2,3)4/h5-8H,9H2,1-4H3. The van der Waals surface area contributed by atoms with Gasteiger partial charge >= 0.3 is 0 Å². The van der Waals surface area contributed by atoms with Crippen LogP contribution in [0.1, 0.15) is 26.3 Å². The van der Waals surface area contributed by atoms with Crippen LogP contribution in [0.15, 0.2) is 24.4 Å². The van der Waals surface area contributed by atoms with Gasteiger partial charge in [0.15, 0.2) is 5.78 Å². The van der Waals surface area contributed by atoms with Crippen molar-refractivity contribution in [3.05, 3.63) is 35.8 Å². The van der Waals surface area contributed by atoms with Crippen LogP contribution in [0.25, 0.3) is 10.9 Å². The first kappa shape index (κ1) is 12.8. The number of hydrogen-bond donors (Lipinski definition) is 0. The Morgan fingerprint density at radius 2 is 2.00 bits per heavy atom. The molecule has 0 amide bonds. The summed E-state index contributed by atoms with van der Waals surface area (Å²) < 4.78 is 15.4. The van der Waals surface area contributed by atoms with Gasteiger partial charge in [0.05, 0.1) is 12.1 Å². The van der Waals surface area contributed by atoms with Crippen molar-refractivity contribution in [1.82, 2.24) is 4.57 Å². The number of ketones is 1. The molecule has 2 nitrogen and oxygen atoms in total. The average Bonchev–Trinajstić information content (AvgIpc) is 2.61. The molecule has 0 N–H and O–H groups in total. The zero-order valence-corrected chi connectivity index (χ0v) is 11.2. The zero-order chi connectivity index (χ0) is 13.5. The number of hydrogen-bond acceptors (Lipinski definition) is 1. The summed E-state index contributed by atoms with van der Waals surface area (Å²) >= 11 is 0. The number of carbonyl (C=O) groups excluding carboxylic acids is 1. The Morgan fingerprint density at radius 3 is 2.61 bits per heavy atom. The lowest BCUT2D eigenvalue weighted by Crippen LogP contribution is -2.24. The highest BCUT2D eigenvalue weighted by molar-refractivity contribution is 5.87. The Kier molecular flexibility index (Phi) is 3.01. The summed E-state index contributed by atoms with van der Waals surface area (Å²) in [6.45, 7) is 7.71. The van der Waals surface area contributed by atoms with Crippen LogP contribution < -0.4 is 0 Å². The lowest BCUT2D eigenvalue weighted by molar-refractivity contribution is -0.126. The maximum absolute atomic E-state index is 13.6. The van der Waals surface area contributed by atoms with Crippen molar-refractivity contribution in [2.24, 2.45) is 5.41 Å². The number of carbonyl (C=O) groups is 1. The molecule has 1 heterocycles. The molecule has 0 aliphatic carbocycles. The van der Waals surface area contributed by atoms with Crippen molar-refractivity contribution < 1.29 is 9.18 Å². The predicted octanol–water partition coefficient (Wildman–Crippen LogP) is 3.70. The van der Waals surface area contributed by atoms with E-state index in [9.17, 15) is 9.18 Å². The molecule has 1 aromatic heterocycles. The second-order valence-corrected chi connectivity index (χ2v) is 5.78. The van der Waals surface area contributed by atoms with Crippen LogP contribution in [0.5, 0.6) is 0 Å². The number of aryl methyl sites for hydroxylation is 1. The van der Waals surface area contributed by atoms with E-state index in [0.717, 1.165) is 10.9 Å². The van der Waals surface area contributed by atoms with Crippen molar-refractivity contribution in [2.75, 3.05) is 0 Å². The molecule has 18 heavy (non-hydrogen) atoms. The third-order valence-corrected chi connectivity index (χ3v) is 3.20. The van der Waals surface area contributed by atoms with Gasteiger partial charge in [0.2, 0.25) is 0 Å². The highest BCUT2D eigenvalue weighted by atomic mass is 19.1. The summed E-state index contributed by atoms with van der Waals surface area (Å²) in [7, 11) is 0. The van der Waals surface area contributed by atoms with Crippen molar-refractivity contribution in [2.45, 2.75) is 34.2 Å². The lowest BCUT2D eigenvalue weighted by Gasteiger charge is -2.17. The van der Waals surface area contributed by atoms with Gasteiger partial charge in [0.25, 0.3) is 0 Å². The first-order chi connectivity index (χ1) is 8.29. The minimum Gasteiger partial charge on any atom is -0.340 e. The maximum atomic E-state index is 13.6. The number of Topliss-reactive ketones (excluding diaryl/α,β-unsaturated/α-hetero) is 1. The van der Waals surface area contributed by atoms with E-state index < -0.39 is 0 Å². The second-order valence-electron chi connectivity index (χ2n) is 5.78. The van der Waals surface area contributed by atoms with Gasteiger partial charge in [-0.2, -0.15) is 0 Å². The quantitative estimate of drug-likeness (QED) is 0.793. The molecule has 0 saturated carbocycles. The van der Waals surface area contributed by atoms with Crippen LogP contribution in [0.3, 0.4) is 0 Å². The summed E-state index contributed by atoms with van der Waals surface area (Å²) in [6.07, 6.45) is 1.84. The average molecular weight is 247 g/mol. The molecule has 0 spiro atoms. The van der Waals surface area contributed by atoms with Gasteiger partial charge in [-0.05, 0) is 30.7 Å². The van der Waals surface area contributed by atoms with Crippen LogP contribution in [-0.4, -0.2) is 10.4 Å². The molecular weight excluding hydrogens is 229 g/mol. The van der Waals surface area contributed by atoms with Crippen LogP contribution in [0, 0.1) is 18.2 Å². The van der Waals surface area contributed by atoms with Crippen LogP contribution in [0.4, 0.5) is 4.39 Å². The summed E-state index contributed by atoms with van der Waals surface area (Å²) in [6, 6.07) is 5.22. The molecule has 2 aromatic rings. The van der Waals surface area contributed by atoms with Crippen molar-refractivity contribution in [1.29, 1.82) is 0 Å². The fourth-order valence-corrected chi connectivity index (χ4v) is 1.86. The monoisotopic (exact) mass is 247 g/mol. The summed E-state index contributed by atoms with van der Waals surface area (Å²) in [4.78, 5) is 12.0. The number of rotatable bonds is 2. The molecule has 0 bridgehead atoms. The van der Waals surface area contributed by atoms with E-state index in [1.54, 1.807) is 6.92 Å². The normalized spacial score (nSPS) is 12.1. The molecule has 96 valence electrons. The highest BCUT2D eigenvalue weighted by Crippen LogP contribution is 2.22. The summed E-state index contributed by atoms with van der Waals surface area (Å²) in [5.41, 5.74) is 1.03. The third-order valence-electron chi connectivity index (χ3n) is 3.20. The molecule has 0 saturated heterocycles. The van der Waals surface area contributed by atoms with Gasteiger partial charge < -0.3 is 4.57 Å². The minimum atomic E-state index is -0.375. The number of benzene rings is 1. The number of fused-ring (bicyclic) bond motifs is 1. The van der Waals surface area contributed by atoms with E-state index in [4.69, 9.17) is 0 Å². The van der Waals surface area contributed by atoms with Crippen molar-refractivity contribution in [3.63, 3.8) is 0 Å². The second kappa shape index (κ2) is 4.23. The molecule has 0 aliphatic rings. The van der Waals surface area contributed by atoms with E-state index >= 15 is 0 Å². The van der Waals surface area contributed by atoms with Gasteiger partial charge in [-0.25, -0.2) is 4.39 Å². The smallest absolute Gasteiger partial charge is 0.157 e. The fraction of sp³-hybridized carbons (Fsp3) is 0.400. The van der Waals surface area contributed by atoms with E-state index in [-0.39, 0.29) is 23.6 Å². The largest absolute Gasteiger partial charge is 0.340 e. The molecule has 1 aromatic carbocycles. The third kappa shape index (κ3) is 2.30. The predicted molar refractivity (Wildman–Crippen MR) is 71.1 cm³/mol. The van der Waals surface area contributed by atoms with Crippen LogP contribution >= 0.6 is 0 Å². The topological polar surface area (TPSA) is 22.0 Å². The molecule has 0 radical (unpaired) electrons. The molecule has 2 rings (SSSR count). The molecule has 0 unspecified atom stereocenters. The number of halogens is 1. The minimum absolute atomic E-state index is 0.140. The zero-order valence-electron chi connectivity index (χ0n) is 11.2. The van der Waals surface area contributed by atoms with Crippen molar-refractivity contribution >= 4 is 16.7 Å². The maximum Gasteiger partial charge on any atom is 0.157 e. The molecular formula is C15H18FNO. The Labute approximate surface area is 106 Å². The molecule has 0 aliphatic heterocycles. The number of aromatic nitrogens is 1. The Morgan fingerprint density at radius 1 is 1.33 bits per heavy atom. The molecule has 0 atom stereocenters. The van der Waals surface area contributed by atoms with Crippen LogP contribution in [0.2, 0.25) is 0 Å². The van der Waals surface area contributed by atoms with Gasteiger partial charge in [0.1, 0.15) is 5.82 Å². The lowest BCUT2D eigenvalue weighted by atomic mass is 9.91. The van der Waals surface area contributed by atoms with Crippen molar-refractivity contribution in [3.8, 4) is 0 Å². The Hall–Kier alpha value is -1.64. The van der Waals surface area contributed by atoms with E-state index in [2.05, 4.69) is 0 Å². The highest BCUT2D eigenvalue weighted by Gasteiger charge is 2.21. The molecule has 0 fully saturated rings. The van der Waals surface area contributed by atoms with E-state index in [0.29, 0.717) is 5.56 Å². The SMILES string of the molecule is Cc1cc2ccn(CC(=O)C(C)(C)C)c2cc1F. The van der Waals surface area contributed by atoms with E-state index in [1.807, 2.05) is 43.7 Å². The van der Waals surface area contributed by atoms with Gasteiger partial charge in [-0.3, -0.25) is 4.79 Å². The Bertz CT molecular complexity index is 605. The first-order valence-electron chi connectivity index (χ1n) is 6.07. The van der Waals surface area contributed by atoms with Crippen LogP contribution in [-0.2, 0) is 11.3 Å². The van der Waals surface area contributed by atoms with E-state index in [1.165, 1.54) is 6.07 Å². The number of nitrogens with zero attached hydrogens (tertiary/aromatic N) is 1. The van der Waals surface area contributed by atoms with Gasteiger partial charge in [0, 0.05) is 17.0 Å². The summed E-state index contributed by atoms with van der Waals surface area (Å²) in [5.74, 6) is -0.0911. The first-order valence-corrected chi connectivity index (χ1v) is 6.07. The van der Waals surface area contributed by atoms with Gasteiger partial charge in [-0.1, -0.05) is 20.8 Å². The fourth-order valence-electron chi connectivity index (χ4n) is 1.86. The Balaban J connectivity index is 2.41. The van der Waals surface area contributed by atoms with Gasteiger partial charge in [-0.15, -0.1) is 0 Å².